The molecule has 0 aliphatic carbocycles. The summed E-state index contributed by atoms with van der Waals surface area (Å²) in [4.78, 5) is 12.3. The van der Waals surface area contributed by atoms with Gasteiger partial charge in [-0.2, -0.15) is 0 Å². The van der Waals surface area contributed by atoms with Gasteiger partial charge in [0.1, 0.15) is 0 Å². The van der Waals surface area contributed by atoms with E-state index in [4.69, 9.17) is 16.7 Å². The molecule has 0 atom stereocenters. The van der Waals surface area contributed by atoms with Crippen molar-refractivity contribution in [3.8, 4) is 10.4 Å². The molecule has 0 amide bonds. The first-order chi connectivity index (χ1) is 8.16. The van der Waals surface area contributed by atoms with E-state index < -0.39 is 5.97 Å². The molecule has 2 aromatic rings. The van der Waals surface area contributed by atoms with Gasteiger partial charge in [0.2, 0.25) is 0 Å². The number of thiophene rings is 1. The first-order valence-corrected chi connectivity index (χ1v) is 6.12. The lowest BCUT2D eigenvalue weighted by Crippen LogP contribution is -1.84. The third-order valence-electron chi connectivity index (χ3n) is 2.16. The minimum absolute atomic E-state index is 0.697. The van der Waals surface area contributed by atoms with Crippen LogP contribution in [0.25, 0.3) is 16.5 Å². The minimum atomic E-state index is -0.947. The smallest absolute Gasteiger partial charge is 0.328 e. The van der Waals surface area contributed by atoms with Gasteiger partial charge in [0.15, 0.2) is 0 Å². The number of rotatable bonds is 3. The monoisotopic (exact) mass is 264 g/mol. The maximum Gasteiger partial charge on any atom is 0.328 e. The van der Waals surface area contributed by atoms with Crippen LogP contribution in [0, 0.1) is 0 Å². The third kappa shape index (κ3) is 2.96. The van der Waals surface area contributed by atoms with E-state index in [0.717, 1.165) is 21.4 Å². The van der Waals surface area contributed by atoms with Crippen LogP contribution in [0.3, 0.4) is 0 Å². The van der Waals surface area contributed by atoms with Crippen molar-refractivity contribution in [3.05, 3.63) is 52.4 Å². The number of aliphatic carboxylic acids is 1. The van der Waals surface area contributed by atoms with Gasteiger partial charge in [0.25, 0.3) is 0 Å². The Labute approximate surface area is 108 Å². The van der Waals surface area contributed by atoms with Crippen LogP contribution in [-0.4, -0.2) is 11.1 Å². The molecule has 0 bridgehead atoms. The second-order valence-electron chi connectivity index (χ2n) is 3.35. The number of carboxylic acids is 1. The largest absolute Gasteiger partial charge is 0.478 e. The van der Waals surface area contributed by atoms with Crippen molar-refractivity contribution in [2.24, 2.45) is 0 Å². The number of carboxylic acid groups (broad SMARTS) is 1. The van der Waals surface area contributed by atoms with Crippen LogP contribution in [0.15, 0.2) is 42.5 Å². The molecule has 2 rings (SSSR count). The molecule has 0 fully saturated rings. The van der Waals surface area contributed by atoms with E-state index in [1.165, 1.54) is 11.3 Å². The highest BCUT2D eigenvalue weighted by atomic mass is 35.5. The highest BCUT2D eigenvalue weighted by Gasteiger charge is 2.04. The van der Waals surface area contributed by atoms with Crippen LogP contribution in [0.2, 0.25) is 5.02 Å². The Balaban J connectivity index is 2.30. The molecular weight excluding hydrogens is 256 g/mol. The summed E-state index contributed by atoms with van der Waals surface area (Å²) in [6.07, 6.45) is 2.70. The van der Waals surface area contributed by atoms with Crippen molar-refractivity contribution in [3.63, 3.8) is 0 Å². The van der Waals surface area contributed by atoms with E-state index in [0.29, 0.717) is 5.02 Å². The Kier molecular flexibility index (Phi) is 3.61. The molecule has 1 N–H and O–H groups in total. The molecular formula is C13H9ClO2S. The Morgan fingerprint density at radius 1 is 1.24 bits per heavy atom. The fourth-order valence-corrected chi connectivity index (χ4v) is 2.65. The quantitative estimate of drug-likeness (QED) is 0.845. The molecule has 86 valence electrons. The lowest BCUT2D eigenvalue weighted by atomic mass is 10.2. The summed E-state index contributed by atoms with van der Waals surface area (Å²) >= 11 is 7.60. The molecule has 17 heavy (non-hydrogen) atoms. The molecule has 0 aliphatic rings. The summed E-state index contributed by atoms with van der Waals surface area (Å²) in [5.41, 5.74) is 0.967. The molecule has 2 nitrogen and oxygen atoms in total. The molecule has 1 heterocycles. The van der Waals surface area contributed by atoms with Crippen LogP contribution >= 0.6 is 22.9 Å². The van der Waals surface area contributed by atoms with E-state index in [-0.39, 0.29) is 0 Å². The van der Waals surface area contributed by atoms with E-state index in [1.807, 2.05) is 36.4 Å². The zero-order chi connectivity index (χ0) is 12.3. The third-order valence-corrected chi connectivity index (χ3v) is 3.57. The van der Waals surface area contributed by atoms with Crippen LogP contribution in [0.5, 0.6) is 0 Å². The summed E-state index contributed by atoms with van der Waals surface area (Å²) in [5, 5.41) is 9.24. The maximum atomic E-state index is 10.4. The predicted molar refractivity (Wildman–Crippen MR) is 71.4 cm³/mol. The number of benzene rings is 1. The van der Waals surface area contributed by atoms with E-state index in [1.54, 1.807) is 6.08 Å². The Morgan fingerprint density at radius 3 is 2.71 bits per heavy atom. The molecule has 1 aromatic carbocycles. The maximum absolute atomic E-state index is 10.4. The summed E-state index contributed by atoms with van der Waals surface area (Å²) in [7, 11) is 0. The number of halogens is 1. The van der Waals surface area contributed by atoms with Gasteiger partial charge in [-0.3, -0.25) is 0 Å². The van der Waals surface area contributed by atoms with Gasteiger partial charge in [-0.25, -0.2) is 4.79 Å². The summed E-state index contributed by atoms with van der Waals surface area (Å²) < 4.78 is 0. The highest BCUT2D eigenvalue weighted by Crippen LogP contribution is 2.33. The number of hydrogen-bond acceptors (Lipinski definition) is 2. The van der Waals surface area contributed by atoms with Crippen molar-refractivity contribution in [2.75, 3.05) is 0 Å². The average Bonchev–Trinajstić information content (AvgIpc) is 2.75. The first kappa shape index (κ1) is 11.9. The van der Waals surface area contributed by atoms with Crippen LogP contribution in [0.1, 0.15) is 4.88 Å². The normalized spacial score (nSPS) is 10.9. The molecule has 0 radical (unpaired) electrons. The van der Waals surface area contributed by atoms with Gasteiger partial charge in [-0.1, -0.05) is 29.8 Å². The first-order valence-electron chi connectivity index (χ1n) is 4.92. The fourth-order valence-electron chi connectivity index (χ4n) is 1.40. The Hall–Kier alpha value is -1.58. The summed E-state index contributed by atoms with van der Waals surface area (Å²) in [6.45, 7) is 0. The molecule has 0 saturated heterocycles. The molecule has 4 heteroatoms. The Bertz CT molecular complexity index is 572. The van der Waals surface area contributed by atoms with Crippen LogP contribution in [-0.2, 0) is 4.79 Å². The molecule has 0 aliphatic heterocycles. The topological polar surface area (TPSA) is 37.3 Å². The minimum Gasteiger partial charge on any atom is -0.478 e. The SMILES string of the molecule is O=C(O)C=Cc1ccc(-c2ccccc2Cl)s1. The molecule has 0 spiro atoms. The van der Waals surface area contributed by atoms with Crippen LogP contribution in [0.4, 0.5) is 0 Å². The zero-order valence-electron chi connectivity index (χ0n) is 8.76. The summed E-state index contributed by atoms with van der Waals surface area (Å²) in [5.74, 6) is -0.947. The molecule has 0 saturated carbocycles. The van der Waals surface area contributed by atoms with Crippen molar-refractivity contribution in [2.45, 2.75) is 0 Å². The lowest BCUT2D eigenvalue weighted by Gasteiger charge is -1.99. The summed E-state index contributed by atoms with van der Waals surface area (Å²) in [6, 6.07) is 11.4. The highest BCUT2D eigenvalue weighted by molar-refractivity contribution is 7.16. The number of hydrogen-bond donors (Lipinski definition) is 1. The second kappa shape index (κ2) is 5.17. The van der Waals surface area contributed by atoms with E-state index in [9.17, 15) is 4.79 Å². The van der Waals surface area contributed by atoms with Gasteiger partial charge in [-0.15, -0.1) is 11.3 Å². The van der Waals surface area contributed by atoms with Gasteiger partial charge in [-0.05, 0) is 24.3 Å². The zero-order valence-corrected chi connectivity index (χ0v) is 10.3. The van der Waals surface area contributed by atoms with Gasteiger partial charge >= 0.3 is 5.97 Å². The standard InChI is InChI=1S/C13H9ClO2S/c14-11-4-2-1-3-10(11)12-7-5-9(17-12)6-8-13(15)16/h1-8H,(H,15,16). The average molecular weight is 265 g/mol. The lowest BCUT2D eigenvalue weighted by molar-refractivity contribution is -0.131. The van der Waals surface area contributed by atoms with Crippen molar-refractivity contribution in [1.82, 2.24) is 0 Å². The van der Waals surface area contributed by atoms with Crippen LogP contribution < -0.4 is 0 Å². The second-order valence-corrected chi connectivity index (χ2v) is 4.88. The molecule has 1 aromatic heterocycles. The van der Waals surface area contributed by atoms with Gasteiger partial charge < -0.3 is 5.11 Å². The Morgan fingerprint density at radius 2 is 2.00 bits per heavy atom. The predicted octanol–water partition coefficient (Wildman–Crippen LogP) is 4.17. The van der Waals surface area contributed by atoms with Gasteiger partial charge in [0.05, 0.1) is 0 Å². The van der Waals surface area contributed by atoms with E-state index in [2.05, 4.69) is 0 Å². The number of carbonyl (C=O) groups is 1. The molecule has 0 unspecified atom stereocenters. The van der Waals surface area contributed by atoms with Crippen molar-refractivity contribution in [1.29, 1.82) is 0 Å². The van der Waals surface area contributed by atoms with Gasteiger partial charge in [0, 0.05) is 26.4 Å². The fraction of sp³-hybridized carbons (Fsp3) is 0. The van der Waals surface area contributed by atoms with E-state index >= 15 is 0 Å². The van der Waals surface area contributed by atoms with Crippen molar-refractivity contribution < 1.29 is 9.90 Å². The van der Waals surface area contributed by atoms with Crippen molar-refractivity contribution >= 4 is 35.0 Å².